The molecule has 0 saturated heterocycles. The third-order valence-electron chi connectivity index (χ3n) is 2.50. The van der Waals surface area contributed by atoms with Crippen molar-refractivity contribution >= 4 is 28.5 Å². The average molecular weight is 290 g/mol. The number of aromatic nitrogens is 1. The van der Waals surface area contributed by atoms with Crippen molar-refractivity contribution in [1.82, 2.24) is 4.98 Å². The van der Waals surface area contributed by atoms with E-state index in [1.54, 1.807) is 0 Å². The van der Waals surface area contributed by atoms with E-state index in [0.717, 1.165) is 12.1 Å². The van der Waals surface area contributed by atoms with E-state index in [-0.39, 0.29) is 16.2 Å². The van der Waals surface area contributed by atoms with E-state index in [4.69, 9.17) is 11.6 Å². The number of carbonyl (C=O) groups excluding carboxylic acids is 1. The molecule has 0 bridgehead atoms. The van der Waals surface area contributed by atoms with Crippen LogP contribution in [0.5, 0.6) is 0 Å². The average Bonchev–Trinajstić information content (AvgIpc) is 2.35. The van der Waals surface area contributed by atoms with Crippen molar-refractivity contribution in [3.8, 4) is 0 Å². The Kier molecular flexibility index (Phi) is 3.36. The molecular formula is C12H7ClF3NO2. The third-order valence-corrected chi connectivity index (χ3v) is 2.79. The summed E-state index contributed by atoms with van der Waals surface area (Å²) in [5.41, 5.74) is -0.752. The number of rotatable bonds is 1. The van der Waals surface area contributed by atoms with Crippen LogP contribution in [-0.2, 0) is 10.9 Å². The van der Waals surface area contributed by atoms with Gasteiger partial charge in [-0.25, -0.2) is 9.78 Å². The third kappa shape index (κ3) is 2.63. The van der Waals surface area contributed by atoms with Crippen molar-refractivity contribution in [3.63, 3.8) is 0 Å². The number of ether oxygens (including phenoxy) is 1. The van der Waals surface area contributed by atoms with Crippen molar-refractivity contribution in [2.24, 2.45) is 0 Å². The zero-order valence-electron chi connectivity index (χ0n) is 9.58. The number of nitrogens with zero attached hydrogens (tertiary/aromatic N) is 1. The number of carbonyl (C=O) groups is 1. The Balaban J connectivity index is 2.62. The van der Waals surface area contributed by atoms with E-state index in [0.29, 0.717) is 5.39 Å². The molecule has 2 rings (SSSR count). The molecule has 0 spiro atoms. The van der Waals surface area contributed by atoms with Gasteiger partial charge in [-0.3, -0.25) is 0 Å². The molecular weight excluding hydrogens is 283 g/mol. The van der Waals surface area contributed by atoms with Crippen LogP contribution in [0.1, 0.15) is 15.9 Å². The van der Waals surface area contributed by atoms with Crippen molar-refractivity contribution in [2.75, 3.05) is 7.11 Å². The van der Waals surface area contributed by atoms with Gasteiger partial charge in [-0.15, -0.1) is 0 Å². The Morgan fingerprint density at radius 2 is 2.00 bits per heavy atom. The number of alkyl halides is 3. The molecule has 0 aliphatic heterocycles. The SMILES string of the molecule is COC(=O)c1cc2ccc(C(F)(F)F)cc2nc1Cl. The van der Waals surface area contributed by atoms with Gasteiger partial charge in [0.25, 0.3) is 0 Å². The van der Waals surface area contributed by atoms with Crippen LogP contribution in [-0.4, -0.2) is 18.1 Å². The normalized spacial score (nSPS) is 11.6. The highest BCUT2D eigenvalue weighted by atomic mass is 35.5. The Hall–Kier alpha value is -1.82. The van der Waals surface area contributed by atoms with Crippen LogP contribution in [0.2, 0.25) is 5.15 Å². The molecule has 0 radical (unpaired) electrons. The molecule has 19 heavy (non-hydrogen) atoms. The Bertz CT molecular complexity index is 655. The number of methoxy groups -OCH3 is 1. The van der Waals surface area contributed by atoms with Crippen LogP contribution in [0.4, 0.5) is 13.2 Å². The lowest BCUT2D eigenvalue weighted by Crippen LogP contribution is -2.06. The highest BCUT2D eigenvalue weighted by Gasteiger charge is 2.30. The molecule has 0 aliphatic rings. The number of hydrogen-bond donors (Lipinski definition) is 0. The van der Waals surface area contributed by atoms with Crippen LogP contribution >= 0.6 is 11.6 Å². The molecule has 0 aliphatic carbocycles. The number of benzene rings is 1. The van der Waals surface area contributed by atoms with Crippen molar-refractivity contribution < 1.29 is 22.7 Å². The summed E-state index contributed by atoms with van der Waals surface area (Å²) < 4.78 is 42.1. The second-order valence-corrected chi connectivity index (χ2v) is 4.08. The van der Waals surface area contributed by atoms with Gasteiger partial charge in [-0.1, -0.05) is 17.7 Å². The van der Waals surface area contributed by atoms with Crippen molar-refractivity contribution in [2.45, 2.75) is 6.18 Å². The quantitative estimate of drug-likeness (QED) is 0.593. The summed E-state index contributed by atoms with van der Waals surface area (Å²) in [5, 5.41) is 0.177. The van der Waals surface area contributed by atoms with Gasteiger partial charge >= 0.3 is 12.1 Å². The standard InChI is InChI=1S/C12H7ClF3NO2/c1-19-11(18)8-4-6-2-3-7(12(14,15)16)5-9(6)17-10(8)13/h2-5H,1H3. The maximum absolute atomic E-state index is 12.5. The van der Waals surface area contributed by atoms with Crippen LogP contribution in [0.25, 0.3) is 10.9 Å². The van der Waals surface area contributed by atoms with Gasteiger partial charge in [0.2, 0.25) is 0 Å². The van der Waals surface area contributed by atoms with Crippen LogP contribution in [0.15, 0.2) is 24.3 Å². The van der Waals surface area contributed by atoms with E-state index in [1.165, 1.54) is 19.2 Å². The molecule has 0 unspecified atom stereocenters. The minimum absolute atomic E-state index is 0.0106. The number of fused-ring (bicyclic) bond motifs is 1. The van der Waals surface area contributed by atoms with Crippen molar-refractivity contribution in [3.05, 3.63) is 40.5 Å². The van der Waals surface area contributed by atoms with Gasteiger partial charge in [0.05, 0.1) is 23.8 Å². The lowest BCUT2D eigenvalue weighted by atomic mass is 10.1. The first kappa shape index (κ1) is 13.6. The molecule has 1 aromatic heterocycles. The Morgan fingerprint density at radius 1 is 1.32 bits per heavy atom. The number of hydrogen-bond acceptors (Lipinski definition) is 3. The molecule has 3 nitrogen and oxygen atoms in total. The van der Waals surface area contributed by atoms with E-state index < -0.39 is 17.7 Å². The van der Waals surface area contributed by atoms with Crippen molar-refractivity contribution in [1.29, 1.82) is 0 Å². The predicted molar refractivity (Wildman–Crippen MR) is 63.1 cm³/mol. The monoisotopic (exact) mass is 289 g/mol. The number of esters is 1. The summed E-state index contributed by atoms with van der Waals surface area (Å²) in [6, 6.07) is 4.37. The number of halogens is 4. The Morgan fingerprint density at radius 3 is 2.58 bits per heavy atom. The fourth-order valence-electron chi connectivity index (χ4n) is 1.57. The van der Waals surface area contributed by atoms with E-state index >= 15 is 0 Å². The highest BCUT2D eigenvalue weighted by molar-refractivity contribution is 6.32. The summed E-state index contributed by atoms with van der Waals surface area (Å²) in [6.45, 7) is 0. The fourth-order valence-corrected chi connectivity index (χ4v) is 1.80. The molecule has 1 aromatic carbocycles. The summed E-state index contributed by atoms with van der Waals surface area (Å²) in [5.74, 6) is -0.695. The predicted octanol–water partition coefficient (Wildman–Crippen LogP) is 3.69. The van der Waals surface area contributed by atoms with Gasteiger partial charge in [-0.2, -0.15) is 13.2 Å². The maximum Gasteiger partial charge on any atom is 0.416 e. The van der Waals surface area contributed by atoms with Gasteiger partial charge in [0.15, 0.2) is 0 Å². The smallest absolute Gasteiger partial charge is 0.416 e. The van der Waals surface area contributed by atoms with Gasteiger partial charge in [0.1, 0.15) is 5.15 Å². The van der Waals surface area contributed by atoms with Crippen LogP contribution in [0, 0.1) is 0 Å². The second-order valence-electron chi connectivity index (χ2n) is 3.72. The van der Waals surface area contributed by atoms with E-state index in [1.807, 2.05) is 0 Å². The van der Waals surface area contributed by atoms with Gasteiger partial charge in [-0.05, 0) is 18.2 Å². The number of pyridine rings is 1. The molecule has 0 N–H and O–H groups in total. The van der Waals surface area contributed by atoms with Gasteiger partial charge in [0, 0.05) is 5.39 Å². The Labute approximate surface area is 111 Å². The summed E-state index contributed by atoms with van der Waals surface area (Å²) in [7, 11) is 1.18. The maximum atomic E-state index is 12.5. The molecule has 100 valence electrons. The first-order valence-electron chi connectivity index (χ1n) is 5.09. The molecule has 0 fully saturated rings. The minimum Gasteiger partial charge on any atom is -0.465 e. The van der Waals surface area contributed by atoms with E-state index in [2.05, 4.69) is 9.72 Å². The lowest BCUT2D eigenvalue weighted by Gasteiger charge is -2.08. The van der Waals surface area contributed by atoms with Crippen LogP contribution < -0.4 is 0 Å². The molecule has 0 amide bonds. The molecule has 0 saturated carbocycles. The summed E-state index contributed by atoms with van der Waals surface area (Å²) in [6.07, 6.45) is -4.45. The fraction of sp³-hybridized carbons (Fsp3) is 0.167. The first-order chi connectivity index (χ1) is 8.82. The molecule has 2 aromatic rings. The summed E-state index contributed by atoms with van der Waals surface area (Å²) >= 11 is 5.75. The lowest BCUT2D eigenvalue weighted by molar-refractivity contribution is -0.137. The molecule has 7 heteroatoms. The first-order valence-corrected chi connectivity index (χ1v) is 5.46. The topological polar surface area (TPSA) is 39.2 Å². The molecule has 0 atom stereocenters. The zero-order chi connectivity index (χ0) is 14.2. The van der Waals surface area contributed by atoms with E-state index in [9.17, 15) is 18.0 Å². The zero-order valence-corrected chi connectivity index (χ0v) is 10.3. The highest BCUT2D eigenvalue weighted by Crippen LogP contribution is 2.32. The minimum atomic E-state index is -4.45. The van der Waals surface area contributed by atoms with Gasteiger partial charge < -0.3 is 4.74 Å². The second kappa shape index (κ2) is 4.70. The molecule has 1 heterocycles. The summed E-state index contributed by atoms with van der Waals surface area (Å²) in [4.78, 5) is 15.2. The largest absolute Gasteiger partial charge is 0.465 e. The van der Waals surface area contributed by atoms with Crippen LogP contribution in [0.3, 0.4) is 0 Å².